The van der Waals surface area contributed by atoms with Gasteiger partial charge in [0, 0.05) is 30.6 Å². The molecule has 0 atom stereocenters. The maximum absolute atomic E-state index is 12.7. The van der Waals surface area contributed by atoms with Gasteiger partial charge >= 0.3 is 0 Å². The van der Waals surface area contributed by atoms with Crippen molar-refractivity contribution in [2.75, 3.05) is 14.2 Å². The van der Waals surface area contributed by atoms with Crippen LogP contribution >= 0.6 is 11.3 Å². The Hall–Kier alpha value is -2.42. The van der Waals surface area contributed by atoms with Crippen molar-refractivity contribution in [2.45, 2.75) is 11.4 Å². The van der Waals surface area contributed by atoms with Crippen LogP contribution in [0.5, 0.6) is 11.5 Å². The van der Waals surface area contributed by atoms with Crippen molar-refractivity contribution in [3.63, 3.8) is 0 Å². The van der Waals surface area contributed by atoms with Gasteiger partial charge in [-0.2, -0.15) is 11.3 Å². The molecule has 0 aliphatic carbocycles. The van der Waals surface area contributed by atoms with Crippen LogP contribution in [0.1, 0.15) is 5.56 Å². The molecule has 6 nitrogen and oxygen atoms in total. The van der Waals surface area contributed by atoms with Gasteiger partial charge in [0.05, 0.1) is 14.2 Å². The number of rotatable bonds is 7. The number of thiophene rings is 1. The highest BCUT2D eigenvalue weighted by molar-refractivity contribution is 7.89. The van der Waals surface area contributed by atoms with Crippen molar-refractivity contribution >= 4 is 21.4 Å². The molecule has 26 heavy (non-hydrogen) atoms. The first kappa shape index (κ1) is 18.4. The Morgan fingerprint density at radius 1 is 1.08 bits per heavy atom. The highest BCUT2D eigenvalue weighted by Gasteiger charge is 2.20. The molecule has 0 amide bonds. The molecule has 0 spiro atoms. The number of nitrogens with one attached hydrogen (secondary N) is 1. The predicted molar refractivity (Wildman–Crippen MR) is 101 cm³/mol. The molecular weight excluding hydrogens is 372 g/mol. The summed E-state index contributed by atoms with van der Waals surface area (Å²) in [5.74, 6) is 0.691. The van der Waals surface area contributed by atoms with Gasteiger partial charge < -0.3 is 9.47 Å². The fourth-order valence-corrected chi connectivity index (χ4v) is 4.29. The van der Waals surface area contributed by atoms with Crippen molar-refractivity contribution in [1.82, 2.24) is 9.71 Å². The number of hydrogen-bond acceptors (Lipinski definition) is 6. The van der Waals surface area contributed by atoms with E-state index < -0.39 is 10.0 Å². The Morgan fingerprint density at radius 2 is 1.92 bits per heavy atom. The normalized spacial score (nSPS) is 11.3. The van der Waals surface area contributed by atoms with Gasteiger partial charge in [-0.3, -0.25) is 4.98 Å². The van der Waals surface area contributed by atoms with Crippen LogP contribution in [-0.4, -0.2) is 27.6 Å². The van der Waals surface area contributed by atoms with E-state index >= 15 is 0 Å². The molecule has 0 fully saturated rings. The molecule has 0 saturated carbocycles. The number of sulfonamides is 1. The number of hydrogen-bond donors (Lipinski definition) is 1. The third-order valence-corrected chi connectivity index (χ3v) is 5.88. The van der Waals surface area contributed by atoms with E-state index in [9.17, 15) is 8.42 Å². The minimum atomic E-state index is -3.78. The summed E-state index contributed by atoms with van der Waals surface area (Å²) >= 11 is 1.60. The molecule has 8 heteroatoms. The molecule has 0 aliphatic heterocycles. The van der Waals surface area contributed by atoms with E-state index in [1.165, 1.54) is 20.3 Å². The quantitative estimate of drug-likeness (QED) is 0.670. The largest absolute Gasteiger partial charge is 0.497 e. The molecule has 2 aromatic heterocycles. The van der Waals surface area contributed by atoms with Crippen LogP contribution in [0.4, 0.5) is 0 Å². The molecule has 1 aromatic carbocycles. The van der Waals surface area contributed by atoms with E-state index in [0.29, 0.717) is 5.75 Å². The van der Waals surface area contributed by atoms with Crippen LogP contribution in [0.25, 0.3) is 11.1 Å². The summed E-state index contributed by atoms with van der Waals surface area (Å²) in [6, 6.07) is 8.55. The van der Waals surface area contributed by atoms with Crippen LogP contribution in [-0.2, 0) is 16.6 Å². The number of aromatic nitrogens is 1. The molecule has 3 aromatic rings. The zero-order chi connectivity index (χ0) is 18.6. The number of benzene rings is 1. The Balaban J connectivity index is 1.82. The van der Waals surface area contributed by atoms with Crippen LogP contribution < -0.4 is 14.2 Å². The first-order valence-corrected chi connectivity index (χ1v) is 10.1. The van der Waals surface area contributed by atoms with Crippen LogP contribution in [0.15, 0.2) is 58.4 Å². The van der Waals surface area contributed by atoms with Crippen molar-refractivity contribution in [3.8, 4) is 22.6 Å². The number of methoxy groups -OCH3 is 2. The van der Waals surface area contributed by atoms with E-state index in [1.54, 1.807) is 35.9 Å². The van der Waals surface area contributed by atoms with Gasteiger partial charge in [0.15, 0.2) is 0 Å². The molecular formula is C18H18N2O4S2. The zero-order valence-corrected chi connectivity index (χ0v) is 15.9. The topological polar surface area (TPSA) is 77.5 Å². The van der Waals surface area contributed by atoms with Crippen LogP contribution in [0.2, 0.25) is 0 Å². The monoisotopic (exact) mass is 390 g/mol. The smallest absolute Gasteiger partial charge is 0.244 e. The summed E-state index contributed by atoms with van der Waals surface area (Å²) < 4.78 is 38.3. The molecule has 0 aliphatic rings. The lowest BCUT2D eigenvalue weighted by atomic mass is 10.1. The molecule has 0 saturated heterocycles. The SMILES string of the molecule is COc1ccc(OC)c(S(=O)(=O)NCc2cncc(-c3ccsc3)c2)c1. The number of nitrogens with zero attached hydrogens (tertiary/aromatic N) is 1. The van der Waals surface area contributed by atoms with E-state index in [2.05, 4.69) is 9.71 Å². The van der Waals surface area contributed by atoms with Gasteiger partial charge in [0.2, 0.25) is 10.0 Å². The Morgan fingerprint density at radius 3 is 2.62 bits per heavy atom. The van der Waals surface area contributed by atoms with Gasteiger partial charge in [0.25, 0.3) is 0 Å². The summed E-state index contributed by atoms with van der Waals surface area (Å²) in [6.07, 6.45) is 3.40. The lowest BCUT2D eigenvalue weighted by molar-refractivity contribution is 0.392. The molecule has 0 bridgehead atoms. The van der Waals surface area contributed by atoms with E-state index in [4.69, 9.17) is 9.47 Å². The molecule has 2 heterocycles. The van der Waals surface area contributed by atoms with Gasteiger partial charge in [0.1, 0.15) is 16.4 Å². The highest BCUT2D eigenvalue weighted by atomic mass is 32.2. The Kier molecular flexibility index (Phi) is 5.55. The minimum Gasteiger partial charge on any atom is -0.497 e. The van der Waals surface area contributed by atoms with Gasteiger partial charge in [-0.25, -0.2) is 13.1 Å². The van der Waals surface area contributed by atoms with E-state index in [0.717, 1.165) is 16.7 Å². The second kappa shape index (κ2) is 7.86. The average Bonchev–Trinajstić information content (AvgIpc) is 3.21. The highest BCUT2D eigenvalue weighted by Crippen LogP contribution is 2.28. The van der Waals surface area contributed by atoms with E-state index in [1.807, 2.05) is 22.9 Å². The first-order valence-electron chi connectivity index (χ1n) is 7.71. The zero-order valence-electron chi connectivity index (χ0n) is 14.3. The standard InChI is InChI=1S/C18H18N2O4S2/c1-23-16-3-4-17(24-2)18(8-16)26(21,22)20-10-13-7-15(11-19-9-13)14-5-6-25-12-14/h3-9,11-12,20H,10H2,1-2H3. The molecule has 0 unspecified atom stereocenters. The fraction of sp³-hybridized carbons (Fsp3) is 0.167. The number of pyridine rings is 1. The van der Waals surface area contributed by atoms with Crippen molar-refractivity contribution in [2.24, 2.45) is 0 Å². The average molecular weight is 390 g/mol. The lowest BCUT2D eigenvalue weighted by Crippen LogP contribution is -2.24. The van der Waals surface area contributed by atoms with Crippen molar-refractivity contribution in [1.29, 1.82) is 0 Å². The van der Waals surface area contributed by atoms with E-state index in [-0.39, 0.29) is 17.2 Å². The molecule has 1 N–H and O–H groups in total. The summed E-state index contributed by atoms with van der Waals surface area (Å²) in [5, 5.41) is 4.01. The third-order valence-electron chi connectivity index (χ3n) is 3.78. The molecule has 3 rings (SSSR count). The van der Waals surface area contributed by atoms with Crippen molar-refractivity contribution < 1.29 is 17.9 Å². The maximum Gasteiger partial charge on any atom is 0.244 e. The summed E-state index contributed by atoms with van der Waals surface area (Å²) in [7, 11) is -0.876. The summed E-state index contributed by atoms with van der Waals surface area (Å²) in [6.45, 7) is 0.119. The Bertz CT molecular complexity index is 986. The fourth-order valence-electron chi connectivity index (χ4n) is 2.42. The summed E-state index contributed by atoms with van der Waals surface area (Å²) in [4.78, 5) is 4.23. The van der Waals surface area contributed by atoms with Crippen molar-refractivity contribution in [3.05, 3.63) is 59.0 Å². The Labute approximate surface area is 156 Å². The number of ether oxygens (including phenoxy) is 2. The van der Waals surface area contributed by atoms with Crippen LogP contribution in [0, 0.1) is 0 Å². The van der Waals surface area contributed by atoms with Gasteiger partial charge in [-0.15, -0.1) is 0 Å². The summed E-state index contributed by atoms with van der Waals surface area (Å²) in [5.41, 5.74) is 2.77. The second-order valence-corrected chi connectivity index (χ2v) is 7.95. The molecule has 0 radical (unpaired) electrons. The predicted octanol–water partition coefficient (Wildman–Crippen LogP) is 3.31. The molecule has 136 valence electrons. The lowest BCUT2D eigenvalue weighted by Gasteiger charge is -2.12. The third kappa shape index (κ3) is 4.04. The second-order valence-electron chi connectivity index (χ2n) is 5.44. The minimum absolute atomic E-state index is 0.0290. The van der Waals surface area contributed by atoms with Gasteiger partial charge in [-0.1, -0.05) is 0 Å². The van der Waals surface area contributed by atoms with Crippen LogP contribution in [0.3, 0.4) is 0 Å². The van der Waals surface area contributed by atoms with Gasteiger partial charge in [-0.05, 0) is 46.2 Å². The maximum atomic E-state index is 12.7. The first-order chi connectivity index (χ1) is 12.5.